The van der Waals surface area contributed by atoms with E-state index in [0.29, 0.717) is 11.4 Å². The van der Waals surface area contributed by atoms with Crippen LogP contribution >= 0.6 is 11.6 Å². The first-order valence-corrected chi connectivity index (χ1v) is 7.82. The molecule has 1 atom stereocenters. The van der Waals surface area contributed by atoms with Crippen LogP contribution < -0.4 is 10.1 Å². The zero-order valence-electron chi connectivity index (χ0n) is 12.9. The second kappa shape index (κ2) is 6.89. The maximum absolute atomic E-state index is 13.0. The van der Waals surface area contributed by atoms with E-state index in [1.165, 1.54) is 12.1 Å². The molecule has 0 aliphatic heterocycles. The van der Waals surface area contributed by atoms with Crippen molar-refractivity contribution in [3.8, 4) is 5.75 Å². The molecule has 3 nitrogen and oxygen atoms in total. The van der Waals surface area contributed by atoms with Gasteiger partial charge < -0.3 is 10.1 Å². The van der Waals surface area contributed by atoms with Crippen molar-refractivity contribution in [3.05, 3.63) is 71.5 Å². The Morgan fingerprint density at radius 3 is 2.58 bits per heavy atom. The van der Waals surface area contributed by atoms with Crippen molar-refractivity contribution in [2.75, 3.05) is 5.32 Å². The first-order valence-electron chi connectivity index (χ1n) is 7.44. The first-order chi connectivity index (χ1) is 11.5. The Bertz CT molecular complexity index is 897. The molecular formula is C19H15ClFNO2. The molecule has 0 aliphatic carbocycles. The Morgan fingerprint density at radius 2 is 1.83 bits per heavy atom. The topological polar surface area (TPSA) is 38.3 Å². The van der Waals surface area contributed by atoms with Crippen molar-refractivity contribution in [2.24, 2.45) is 0 Å². The van der Waals surface area contributed by atoms with Crippen molar-refractivity contribution < 1.29 is 13.9 Å². The van der Waals surface area contributed by atoms with Crippen LogP contribution in [0.5, 0.6) is 5.75 Å². The molecule has 3 aromatic carbocycles. The molecule has 1 N–H and O–H groups in total. The molecule has 0 saturated carbocycles. The fourth-order valence-electron chi connectivity index (χ4n) is 2.32. The maximum atomic E-state index is 13.0. The van der Waals surface area contributed by atoms with E-state index in [9.17, 15) is 9.18 Å². The maximum Gasteiger partial charge on any atom is 0.265 e. The Kier molecular flexibility index (Phi) is 4.67. The minimum Gasteiger partial charge on any atom is -0.481 e. The van der Waals surface area contributed by atoms with Crippen LogP contribution in [0.1, 0.15) is 6.92 Å². The molecule has 0 radical (unpaired) electrons. The van der Waals surface area contributed by atoms with Gasteiger partial charge in [0.15, 0.2) is 6.10 Å². The lowest BCUT2D eigenvalue weighted by atomic mass is 10.1. The number of hydrogen-bond acceptors (Lipinski definition) is 2. The van der Waals surface area contributed by atoms with Gasteiger partial charge in [0.25, 0.3) is 5.91 Å². The summed E-state index contributed by atoms with van der Waals surface area (Å²) in [6, 6.07) is 17.3. The van der Waals surface area contributed by atoms with Crippen molar-refractivity contribution >= 4 is 34.0 Å². The number of hydrogen-bond donors (Lipinski definition) is 1. The number of benzene rings is 3. The largest absolute Gasteiger partial charge is 0.481 e. The van der Waals surface area contributed by atoms with Gasteiger partial charge in [-0.2, -0.15) is 0 Å². The molecule has 0 aliphatic rings. The minimum atomic E-state index is -0.729. The van der Waals surface area contributed by atoms with Crippen LogP contribution in [-0.4, -0.2) is 12.0 Å². The van der Waals surface area contributed by atoms with Gasteiger partial charge in [0.1, 0.15) is 11.6 Å². The van der Waals surface area contributed by atoms with E-state index >= 15 is 0 Å². The highest BCUT2D eigenvalue weighted by atomic mass is 35.5. The monoisotopic (exact) mass is 343 g/mol. The molecule has 0 fully saturated rings. The number of rotatable bonds is 4. The van der Waals surface area contributed by atoms with Crippen LogP contribution in [0.2, 0.25) is 5.02 Å². The number of nitrogens with one attached hydrogen (secondary N) is 1. The summed E-state index contributed by atoms with van der Waals surface area (Å²) in [7, 11) is 0. The number of carbonyl (C=O) groups is 1. The molecule has 1 unspecified atom stereocenters. The molecular weight excluding hydrogens is 329 g/mol. The molecule has 0 aromatic heterocycles. The van der Waals surface area contributed by atoms with Gasteiger partial charge in [-0.05, 0) is 48.0 Å². The van der Waals surface area contributed by atoms with Gasteiger partial charge in [-0.15, -0.1) is 0 Å². The van der Waals surface area contributed by atoms with E-state index in [-0.39, 0.29) is 10.9 Å². The predicted octanol–water partition coefficient (Wildman–Crippen LogP) is 5.04. The number of halogens is 2. The van der Waals surface area contributed by atoms with Gasteiger partial charge in [-0.1, -0.05) is 41.9 Å². The van der Waals surface area contributed by atoms with Crippen LogP contribution in [0.4, 0.5) is 10.1 Å². The van der Waals surface area contributed by atoms with E-state index in [4.69, 9.17) is 16.3 Å². The van der Waals surface area contributed by atoms with Crippen LogP contribution in [-0.2, 0) is 4.79 Å². The van der Waals surface area contributed by atoms with E-state index in [1.54, 1.807) is 6.92 Å². The summed E-state index contributed by atoms with van der Waals surface area (Å²) in [6.45, 7) is 1.64. The Hall–Kier alpha value is -2.59. The summed E-state index contributed by atoms with van der Waals surface area (Å²) in [5.41, 5.74) is 0.344. The van der Waals surface area contributed by atoms with Crippen LogP contribution in [0.25, 0.3) is 10.8 Å². The quantitative estimate of drug-likeness (QED) is 0.720. The lowest BCUT2D eigenvalue weighted by Gasteiger charge is -2.15. The average molecular weight is 344 g/mol. The first kappa shape index (κ1) is 16.3. The van der Waals surface area contributed by atoms with E-state index in [2.05, 4.69) is 5.32 Å². The lowest BCUT2D eigenvalue weighted by molar-refractivity contribution is -0.122. The van der Waals surface area contributed by atoms with Crippen molar-refractivity contribution in [1.82, 2.24) is 0 Å². The highest BCUT2D eigenvalue weighted by Gasteiger charge is 2.16. The Morgan fingerprint density at radius 1 is 1.08 bits per heavy atom. The number of ether oxygens (including phenoxy) is 1. The van der Waals surface area contributed by atoms with Gasteiger partial charge in [0, 0.05) is 0 Å². The van der Waals surface area contributed by atoms with Crippen molar-refractivity contribution in [2.45, 2.75) is 13.0 Å². The molecule has 122 valence electrons. The van der Waals surface area contributed by atoms with Gasteiger partial charge >= 0.3 is 0 Å². The summed E-state index contributed by atoms with van der Waals surface area (Å²) < 4.78 is 18.7. The number of anilines is 1. The average Bonchev–Trinajstić information content (AvgIpc) is 2.57. The molecule has 0 bridgehead atoms. The molecule has 5 heteroatoms. The van der Waals surface area contributed by atoms with E-state index in [0.717, 1.165) is 16.8 Å². The van der Waals surface area contributed by atoms with Crippen LogP contribution in [0.15, 0.2) is 60.7 Å². The molecule has 0 heterocycles. The zero-order chi connectivity index (χ0) is 17.1. The van der Waals surface area contributed by atoms with Crippen LogP contribution in [0.3, 0.4) is 0 Å². The highest BCUT2D eigenvalue weighted by molar-refractivity contribution is 6.33. The Balaban J connectivity index is 1.70. The summed E-state index contributed by atoms with van der Waals surface area (Å²) in [5, 5.41) is 4.90. The summed E-state index contributed by atoms with van der Waals surface area (Å²) >= 11 is 5.91. The standard InChI is InChI=1S/C19H15ClFNO2/c1-12(19(23)22-18-9-7-15(21)11-17(18)20)24-16-8-6-13-4-2-3-5-14(13)10-16/h2-12H,1H3,(H,22,23). The summed E-state index contributed by atoms with van der Waals surface area (Å²) in [6.07, 6.45) is -0.729. The van der Waals surface area contributed by atoms with Gasteiger partial charge in [-0.25, -0.2) is 4.39 Å². The number of fused-ring (bicyclic) bond motifs is 1. The molecule has 3 aromatic rings. The number of carbonyl (C=O) groups excluding carboxylic acids is 1. The van der Waals surface area contributed by atoms with Gasteiger partial charge in [-0.3, -0.25) is 4.79 Å². The van der Waals surface area contributed by atoms with Crippen molar-refractivity contribution in [3.63, 3.8) is 0 Å². The summed E-state index contributed by atoms with van der Waals surface area (Å²) in [5.74, 6) is -0.225. The predicted molar refractivity (Wildman–Crippen MR) is 94.1 cm³/mol. The molecule has 0 saturated heterocycles. The van der Waals surface area contributed by atoms with E-state index in [1.807, 2.05) is 42.5 Å². The smallest absolute Gasteiger partial charge is 0.265 e. The van der Waals surface area contributed by atoms with Gasteiger partial charge in [0.2, 0.25) is 0 Å². The van der Waals surface area contributed by atoms with Crippen molar-refractivity contribution in [1.29, 1.82) is 0 Å². The van der Waals surface area contributed by atoms with Crippen LogP contribution in [0, 0.1) is 5.82 Å². The molecule has 24 heavy (non-hydrogen) atoms. The summed E-state index contributed by atoms with van der Waals surface area (Å²) in [4.78, 5) is 12.2. The zero-order valence-corrected chi connectivity index (χ0v) is 13.7. The Labute approximate surface area is 144 Å². The fraction of sp³-hybridized carbons (Fsp3) is 0.105. The third-order valence-corrected chi connectivity index (χ3v) is 3.90. The molecule has 0 spiro atoms. The second-order valence-electron chi connectivity index (χ2n) is 5.38. The fourth-order valence-corrected chi connectivity index (χ4v) is 2.54. The third kappa shape index (κ3) is 3.66. The SMILES string of the molecule is CC(Oc1ccc2ccccc2c1)C(=O)Nc1ccc(F)cc1Cl. The van der Waals surface area contributed by atoms with Gasteiger partial charge in [0.05, 0.1) is 10.7 Å². The number of amides is 1. The molecule has 3 rings (SSSR count). The lowest BCUT2D eigenvalue weighted by Crippen LogP contribution is -2.30. The minimum absolute atomic E-state index is 0.140. The highest BCUT2D eigenvalue weighted by Crippen LogP contribution is 2.24. The molecule has 1 amide bonds. The normalized spacial score (nSPS) is 12.0. The van der Waals surface area contributed by atoms with E-state index < -0.39 is 11.9 Å². The second-order valence-corrected chi connectivity index (χ2v) is 5.79. The third-order valence-electron chi connectivity index (χ3n) is 3.59.